The molecule has 5 heteroatoms. The summed E-state index contributed by atoms with van der Waals surface area (Å²) in [6, 6.07) is -0.142. The van der Waals surface area contributed by atoms with Gasteiger partial charge in [-0.3, -0.25) is 4.48 Å². The molecule has 1 aliphatic heterocycles. The molecule has 1 atom stereocenters. The number of carbonyl (C=O) groups is 2. The number of hydrogen-bond acceptors (Lipinski definition) is 2. The molecule has 1 aliphatic rings. The predicted molar refractivity (Wildman–Crippen MR) is 69.9 cm³/mol. The Morgan fingerprint density at radius 3 is 2.11 bits per heavy atom. The number of amides is 3. The monoisotopic (exact) mass is 254 g/mol. The first-order chi connectivity index (χ1) is 7.97. The summed E-state index contributed by atoms with van der Waals surface area (Å²) in [7, 11) is 11.0. The van der Waals surface area contributed by atoms with Crippen LogP contribution in [0.5, 0.6) is 0 Å². The highest BCUT2D eigenvalue weighted by atomic mass is 16.2. The molecule has 0 aromatic carbocycles. The third-order valence-electron chi connectivity index (χ3n) is 3.24. The first kappa shape index (κ1) is 14.8. The van der Waals surface area contributed by atoms with Gasteiger partial charge in [0.05, 0.1) is 42.3 Å². The topological polar surface area (TPSA) is 34.1 Å². The van der Waals surface area contributed by atoms with Crippen molar-refractivity contribution in [3.05, 3.63) is 24.6 Å². The zero-order valence-corrected chi connectivity index (χ0v) is 12.2. The fourth-order valence-corrected chi connectivity index (χ4v) is 2.20. The number of hydrogen-bond donors (Lipinski definition) is 0. The quantitative estimate of drug-likeness (QED) is 0.554. The lowest BCUT2D eigenvalue weighted by molar-refractivity contribution is -0.909. The van der Waals surface area contributed by atoms with Gasteiger partial charge in [-0.05, 0) is 6.08 Å². The molecule has 0 saturated carbocycles. The first-order valence-electron chi connectivity index (χ1n) is 5.92. The van der Waals surface area contributed by atoms with Crippen molar-refractivity contribution in [1.82, 2.24) is 0 Å². The van der Waals surface area contributed by atoms with E-state index in [0.717, 1.165) is 0 Å². The van der Waals surface area contributed by atoms with Crippen LogP contribution in [-0.4, -0.2) is 74.2 Å². The van der Waals surface area contributed by atoms with Crippen molar-refractivity contribution in [1.29, 1.82) is 0 Å². The second-order valence-corrected chi connectivity index (χ2v) is 6.32. The standard InChI is InChI=1S/C13H24N3O2/c1-8-9-16(7)12(17)11(14(2,3)4)10-15(5,6)13(16)18/h8,10H,1,9H2,2-7H3/q+3. The summed E-state index contributed by atoms with van der Waals surface area (Å²) in [6.45, 7) is 3.97. The van der Waals surface area contributed by atoms with Gasteiger partial charge in [0.1, 0.15) is 6.54 Å². The third kappa shape index (κ3) is 2.16. The fourth-order valence-electron chi connectivity index (χ4n) is 2.20. The Balaban J connectivity index is 3.47. The number of urea groups is 1. The lowest BCUT2D eigenvalue weighted by Gasteiger charge is -2.38. The molecule has 0 saturated heterocycles. The number of quaternary nitrogens is 3. The molecule has 18 heavy (non-hydrogen) atoms. The van der Waals surface area contributed by atoms with E-state index in [0.29, 0.717) is 16.7 Å². The molecule has 1 unspecified atom stereocenters. The van der Waals surface area contributed by atoms with Gasteiger partial charge >= 0.3 is 11.9 Å². The number of rotatable bonds is 3. The zero-order valence-electron chi connectivity index (χ0n) is 12.2. The number of likely N-dealkylation sites (N-methyl/N-ethyl adjacent to an activating group) is 2. The lowest BCUT2D eigenvalue weighted by atomic mass is 10.2. The molecule has 0 N–H and O–H groups in total. The van der Waals surface area contributed by atoms with E-state index in [1.54, 1.807) is 33.4 Å². The average molecular weight is 254 g/mol. The van der Waals surface area contributed by atoms with Crippen molar-refractivity contribution in [3.63, 3.8) is 0 Å². The maximum Gasteiger partial charge on any atom is 0.526 e. The van der Waals surface area contributed by atoms with Crippen LogP contribution in [0.3, 0.4) is 0 Å². The molecule has 100 valence electrons. The van der Waals surface area contributed by atoms with Crippen LogP contribution in [-0.2, 0) is 4.79 Å². The lowest BCUT2D eigenvalue weighted by Crippen LogP contribution is -2.68. The summed E-state index contributed by atoms with van der Waals surface area (Å²) in [5, 5.41) is 0. The smallest absolute Gasteiger partial charge is 0.285 e. The third-order valence-corrected chi connectivity index (χ3v) is 3.24. The van der Waals surface area contributed by atoms with E-state index < -0.39 is 0 Å². The van der Waals surface area contributed by atoms with Gasteiger partial charge in [-0.15, -0.1) is 4.48 Å². The number of nitrogens with zero attached hydrogens (tertiary/aromatic N) is 3. The molecule has 3 amide bonds. The zero-order chi connectivity index (χ0) is 14.4. The van der Waals surface area contributed by atoms with Crippen molar-refractivity contribution in [2.24, 2.45) is 0 Å². The molecule has 1 rings (SSSR count). The van der Waals surface area contributed by atoms with Crippen LogP contribution < -0.4 is 0 Å². The van der Waals surface area contributed by atoms with Gasteiger partial charge in [-0.25, -0.2) is 4.79 Å². The summed E-state index contributed by atoms with van der Waals surface area (Å²) < 4.78 is 0.220. The maximum absolute atomic E-state index is 12.6. The Bertz CT molecular complexity index is 444. The van der Waals surface area contributed by atoms with Crippen LogP contribution in [0.25, 0.3) is 0 Å². The summed E-state index contributed by atoms with van der Waals surface area (Å²) in [4.78, 5) is 25.1. The molecule has 0 fully saturated rings. The molecular weight excluding hydrogens is 230 g/mol. The molecule has 0 radical (unpaired) electrons. The van der Waals surface area contributed by atoms with Gasteiger partial charge in [0, 0.05) is 0 Å². The normalized spacial score (nSPS) is 28.0. The van der Waals surface area contributed by atoms with Crippen LogP contribution in [0.4, 0.5) is 4.79 Å². The van der Waals surface area contributed by atoms with Crippen molar-refractivity contribution in [3.8, 4) is 0 Å². The number of imide groups is 1. The summed E-state index contributed by atoms with van der Waals surface area (Å²) in [6.07, 6.45) is 3.36. The van der Waals surface area contributed by atoms with Crippen molar-refractivity contribution < 1.29 is 23.0 Å². The molecule has 1 heterocycles. The van der Waals surface area contributed by atoms with Crippen molar-refractivity contribution in [2.45, 2.75) is 0 Å². The SMILES string of the molecule is C=CC[N+]1(C)C(=O)C([N+](C)(C)C)=C[N+](C)(C)C1=O. The Morgan fingerprint density at radius 1 is 1.22 bits per heavy atom. The molecule has 0 spiro atoms. The van der Waals surface area contributed by atoms with E-state index in [-0.39, 0.29) is 20.9 Å². The van der Waals surface area contributed by atoms with Gasteiger partial charge in [-0.2, -0.15) is 9.28 Å². The Kier molecular flexibility index (Phi) is 3.38. The van der Waals surface area contributed by atoms with Gasteiger partial charge < -0.3 is 0 Å². The summed E-state index contributed by atoms with van der Waals surface area (Å²) in [5.74, 6) is -0.148. The molecule has 0 bridgehead atoms. The highest BCUT2D eigenvalue weighted by Gasteiger charge is 2.59. The van der Waals surface area contributed by atoms with Crippen LogP contribution in [0.2, 0.25) is 0 Å². The molecule has 0 aromatic rings. The van der Waals surface area contributed by atoms with Crippen LogP contribution in [0.15, 0.2) is 24.6 Å². The van der Waals surface area contributed by atoms with Crippen molar-refractivity contribution >= 4 is 11.9 Å². The minimum absolute atomic E-state index is 0.0704. The second-order valence-electron chi connectivity index (χ2n) is 6.32. The Labute approximate surface area is 109 Å². The van der Waals surface area contributed by atoms with Gasteiger partial charge in [0.15, 0.2) is 6.20 Å². The number of carbonyl (C=O) groups excluding carboxylic acids is 2. The predicted octanol–water partition coefficient (Wildman–Crippen LogP) is 0.903. The van der Waals surface area contributed by atoms with E-state index in [9.17, 15) is 9.59 Å². The van der Waals surface area contributed by atoms with E-state index in [4.69, 9.17) is 0 Å². The van der Waals surface area contributed by atoms with Gasteiger partial charge in [-0.1, -0.05) is 6.58 Å². The van der Waals surface area contributed by atoms with Gasteiger partial charge in [0.2, 0.25) is 0 Å². The van der Waals surface area contributed by atoms with Crippen molar-refractivity contribution in [2.75, 3.05) is 48.8 Å². The average Bonchev–Trinajstić information content (AvgIpc) is 2.21. The largest absolute Gasteiger partial charge is 0.526 e. The highest BCUT2D eigenvalue weighted by Crippen LogP contribution is 2.28. The fraction of sp³-hybridized carbons (Fsp3) is 0.538. The van der Waals surface area contributed by atoms with Crippen LogP contribution >= 0.6 is 0 Å². The van der Waals surface area contributed by atoms with Gasteiger partial charge in [0.25, 0.3) is 5.70 Å². The second kappa shape index (κ2) is 4.12. The molecule has 5 nitrogen and oxygen atoms in total. The minimum atomic E-state index is -0.252. The Morgan fingerprint density at radius 2 is 1.72 bits per heavy atom. The van der Waals surface area contributed by atoms with E-state index >= 15 is 0 Å². The maximum atomic E-state index is 12.6. The van der Waals surface area contributed by atoms with Crippen LogP contribution in [0, 0.1) is 0 Å². The Hall–Kier alpha value is -1.30. The minimum Gasteiger partial charge on any atom is -0.285 e. The summed E-state index contributed by atoms with van der Waals surface area (Å²) >= 11 is 0. The van der Waals surface area contributed by atoms with E-state index in [1.165, 1.54) is 0 Å². The van der Waals surface area contributed by atoms with E-state index in [2.05, 4.69) is 6.58 Å². The van der Waals surface area contributed by atoms with Crippen LogP contribution in [0.1, 0.15) is 0 Å². The summed E-state index contributed by atoms with van der Waals surface area (Å²) in [5.41, 5.74) is 0.643. The first-order valence-corrected chi connectivity index (χ1v) is 5.92. The molecular formula is C13H24N3O2+3. The highest BCUT2D eigenvalue weighted by molar-refractivity contribution is 5.93. The molecule has 0 aromatic heterocycles. The van der Waals surface area contributed by atoms with E-state index in [1.807, 2.05) is 21.1 Å². The molecule has 0 aliphatic carbocycles.